The number of alkyl carbamates (subject to hydrolysis) is 2. The molecule has 0 radical (unpaired) electrons. The normalized spacial score (nSPS) is 24.5. The van der Waals surface area contributed by atoms with Crippen molar-refractivity contribution >= 4 is 58.6 Å². The molecule has 12 heteroatoms. The molecule has 2 amide bonds. The number of halogens is 4. The molecule has 4 atom stereocenters. The Labute approximate surface area is 305 Å². The Balaban J connectivity index is 0.000000260. The molecule has 8 nitrogen and oxygen atoms in total. The van der Waals surface area contributed by atoms with E-state index in [1.165, 1.54) is 0 Å². The number of rotatable bonds is 6. The number of hydrogen-bond donors (Lipinski definition) is 4. The second-order valence-electron chi connectivity index (χ2n) is 15.0. The quantitative estimate of drug-likeness (QED) is 0.234. The standard InChI is InChI=1S/2C18H25Cl2NO3/c2*1-17(2,3)24-16(23)21-11-18(8-4-5-13(22)10-18)12-6-7-14(19)15(20)9-12/h2*6-7,9,13,22H,4-5,8,10-11H2,1-3H3,(H,21,23)/t2*13-,18-/m10/s1. The number of benzene rings is 2. The lowest BCUT2D eigenvalue weighted by atomic mass is 9.68. The van der Waals surface area contributed by atoms with E-state index in [0.717, 1.165) is 49.7 Å². The summed E-state index contributed by atoms with van der Waals surface area (Å²) in [4.78, 5) is 24.1. The van der Waals surface area contributed by atoms with Crippen LogP contribution in [0.15, 0.2) is 36.4 Å². The Morgan fingerprint density at radius 1 is 0.688 bits per heavy atom. The zero-order chi connectivity index (χ0) is 35.9. The second kappa shape index (κ2) is 16.8. The monoisotopic (exact) mass is 746 g/mol. The van der Waals surface area contributed by atoms with Gasteiger partial charge in [-0.05, 0) is 128 Å². The smallest absolute Gasteiger partial charge is 0.407 e. The van der Waals surface area contributed by atoms with Crippen LogP contribution in [-0.2, 0) is 20.3 Å². The van der Waals surface area contributed by atoms with Crippen LogP contribution in [0.25, 0.3) is 0 Å². The molecule has 4 rings (SSSR count). The van der Waals surface area contributed by atoms with Crippen LogP contribution in [0.1, 0.15) is 104 Å². The summed E-state index contributed by atoms with van der Waals surface area (Å²) in [5.74, 6) is 0. The molecule has 0 aliphatic heterocycles. The lowest BCUT2D eigenvalue weighted by molar-refractivity contribution is 0.0458. The Bertz CT molecular complexity index is 1310. The van der Waals surface area contributed by atoms with Gasteiger partial charge in [0.2, 0.25) is 0 Å². The largest absolute Gasteiger partial charge is 0.444 e. The number of amides is 2. The minimum absolute atomic E-state index is 0.372. The van der Waals surface area contributed by atoms with Gasteiger partial charge < -0.3 is 30.3 Å². The number of carbonyl (C=O) groups is 2. The first kappa shape index (κ1) is 40.5. The summed E-state index contributed by atoms with van der Waals surface area (Å²) in [5.41, 5.74) is 0.115. The summed E-state index contributed by atoms with van der Waals surface area (Å²) < 4.78 is 10.6. The van der Waals surface area contributed by atoms with Gasteiger partial charge in [0.05, 0.1) is 32.3 Å². The third-order valence-corrected chi connectivity index (χ3v) is 10.1. The molecule has 2 aliphatic rings. The number of ether oxygens (including phenoxy) is 2. The molecular formula is C36H50Cl4N2O6. The lowest BCUT2D eigenvalue weighted by Gasteiger charge is -2.40. The Morgan fingerprint density at radius 3 is 1.33 bits per heavy atom. The zero-order valence-corrected chi connectivity index (χ0v) is 31.8. The Morgan fingerprint density at radius 2 is 1.04 bits per heavy atom. The average molecular weight is 749 g/mol. The highest BCUT2D eigenvalue weighted by Gasteiger charge is 2.40. The Hall–Kier alpha value is -1.94. The molecule has 0 unspecified atom stereocenters. The molecule has 2 aliphatic carbocycles. The third kappa shape index (κ3) is 12.1. The van der Waals surface area contributed by atoms with Crippen LogP contribution < -0.4 is 10.6 Å². The number of aliphatic hydroxyl groups excluding tert-OH is 2. The molecule has 2 aromatic rings. The zero-order valence-electron chi connectivity index (χ0n) is 28.7. The number of nitrogens with one attached hydrogen (secondary N) is 2. The van der Waals surface area contributed by atoms with E-state index in [1.54, 1.807) is 12.1 Å². The van der Waals surface area contributed by atoms with E-state index in [-0.39, 0.29) is 10.8 Å². The highest BCUT2D eigenvalue weighted by Crippen LogP contribution is 2.42. The predicted molar refractivity (Wildman–Crippen MR) is 194 cm³/mol. The van der Waals surface area contributed by atoms with Gasteiger partial charge in [-0.1, -0.05) is 58.5 Å². The van der Waals surface area contributed by atoms with E-state index < -0.39 is 35.6 Å². The van der Waals surface area contributed by atoms with Gasteiger partial charge in [0.15, 0.2) is 0 Å². The molecule has 48 heavy (non-hydrogen) atoms. The summed E-state index contributed by atoms with van der Waals surface area (Å²) in [6.45, 7) is 11.7. The van der Waals surface area contributed by atoms with Crippen molar-refractivity contribution in [2.24, 2.45) is 0 Å². The summed E-state index contributed by atoms with van der Waals surface area (Å²) in [7, 11) is 0. The van der Waals surface area contributed by atoms with Crippen molar-refractivity contribution in [2.45, 2.75) is 127 Å². The van der Waals surface area contributed by atoms with Crippen LogP contribution in [0.3, 0.4) is 0 Å². The fourth-order valence-corrected chi connectivity index (χ4v) is 7.07. The maximum Gasteiger partial charge on any atom is 0.407 e. The molecule has 2 saturated carbocycles. The molecule has 0 heterocycles. The highest BCUT2D eigenvalue weighted by molar-refractivity contribution is 6.42. The molecule has 0 saturated heterocycles. The van der Waals surface area contributed by atoms with Crippen molar-refractivity contribution in [2.75, 3.05) is 13.1 Å². The molecule has 4 N–H and O–H groups in total. The van der Waals surface area contributed by atoms with Crippen molar-refractivity contribution in [3.63, 3.8) is 0 Å². The maximum atomic E-state index is 12.0. The number of carbonyl (C=O) groups excluding carboxylic acids is 2. The van der Waals surface area contributed by atoms with E-state index in [0.29, 0.717) is 46.0 Å². The first-order chi connectivity index (χ1) is 22.2. The van der Waals surface area contributed by atoms with Crippen molar-refractivity contribution in [1.29, 1.82) is 0 Å². The van der Waals surface area contributed by atoms with Gasteiger partial charge in [0.1, 0.15) is 11.2 Å². The van der Waals surface area contributed by atoms with Crippen LogP contribution in [0, 0.1) is 0 Å². The molecular weight excluding hydrogens is 698 g/mol. The van der Waals surface area contributed by atoms with Crippen molar-refractivity contribution < 1.29 is 29.3 Å². The van der Waals surface area contributed by atoms with Gasteiger partial charge in [-0.3, -0.25) is 0 Å². The first-order valence-corrected chi connectivity index (χ1v) is 17.9. The third-order valence-electron chi connectivity index (χ3n) is 8.64. The van der Waals surface area contributed by atoms with Gasteiger partial charge in [0, 0.05) is 23.9 Å². The van der Waals surface area contributed by atoms with Gasteiger partial charge in [-0.15, -0.1) is 0 Å². The molecule has 0 aromatic heterocycles. The van der Waals surface area contributed by atoms with Crippen LogP contribution in [0.5, 0.6) is 0 Å². The summed E-state index contributed by atoms with van der Waals surface area (Å²) in [5, 5.41) is 28.0. The molecule has 0 spiro atoms. The summed E-state index contributed by atoms with van der Waals surface area (Å²) in [6, 6.07) is 11.0. The van der Waals surface area contributed by atoms with Crippen LogP contribution in [-0.4, -0.2) is 58.9 Å². The van der Waals surface area contributed by atoms with Crippen molar-refractivity contribution in [1.82, 2.24) is 10.6 Å². The van der Waals surface area contributed by atoms with Gasteiger partial charge in [0.25, 0.3) is 0 Å². The van der Waals surface area contributed by atoms with Crippen LogP contribution in [0.2, 0.25) is 20.1 Å². The van der Waals surface area contributed by atoms with E-state index in [9.17, 15) is 19.8 Å². The predicted octanol–water partition coefficient (Wildman–Crippen LogP) is 9.38. The maximum absolute atomic E-state index is 12.0. The molecule has 0 bridgehead atoms. The van der Waals surface area contributed by atoms with Crippen LogP contribution in [0.4, 0.5) is 9.59 Å². The fourth-order valence-electron chi connectivity index (χ4n) is 6.48. The van der Waals surface area contributed by atoms with Gasteiger partial charge in [-0.2, -0.15) is 0 Å². The van der Waals surface area contributed by atoms with E-state index >= 15 is 0 Å². The van der Waals surface area contributed by atoms with Crippen LogP contribution >= 0.6 is 46.4 Å². The lowest BCUT2D eigenvalue weighted by Crippen LogP contribution is -2.46. The highest BCUT2D eigenvalue weighted by atomic mass is 35.5. The SMILES string of the molecule is CC(C)(C)OC(=O)NC[C@@]1(c2ccc(Cl)c(Cl)c2)CCC[C@@H](O)C1.CC(C)(C)OC(=O)NC[C@]1(c2ccc(Cl)c(Cl)c2)CCC[C@H](O)C1. The first-order valence-electron chi connectivity index (χ1n) is 16.4. The van der Waals surface area contributed by atoms with Crippen molar-refractivity contribution in [3.05, 3.63) is 67.6 Å². The van der Waals surface area contributed by atoms with E-state index in [1.807, 2.05) is 65.8 Å². The molecule has 268 valence electrons. The Kier molecular flexibility index (Phi) is 14.2. The molecule has 2 aromatic carbocycles. The van der Waals surface area contributed by atoms with Crippen molar-refractivity contribution in [3.8, 4) is 0 Å². The van der Waals surface area contributed by atoms with Gasteiger partial charge in [-0.25, -0.2) is 9.59 Å². The minimum Gasteiger partial charge on any atom is -0.444 e. The number of aliphatic hydroxyl groups is 2. The average Bonchev–Trinajstić information content (AvgIpc) is 2.96. The van der Waals surface area contributed by atoms with Gasteiger partial charge >= 0.3 is 12.2 Å². The topological polar surface area (TPSA) is 117 Å². The minimum atomic E-state index is -0.549. The summed E-state index contributed by atoms with van der Waals surface area (Å²) in [6.07, 6.45) is 4.48. The number of hydrogen-bond acceptors (Lipinski definition) is 6. The molecule has 2 fully saturated rings. The van der Waals surface area contributed by atoms with E-state index in [4.69, 9.17) is 55.9 Å². The van der Waals surface area contributed by atoms with E-state index in [2.05, 4.69) is 10.6 Å². The fraction of sp³-hybridized carbons (Fsp3) is 0.611. The summed E-state index contributed by atoms with van der Waals surface area (Å²) >= 11 is 24.4. The second-order valence-corrected chi connectivity index (χ2v) is 16.7.